The van der Waals surface area contributed by atoms with Crippen molar-refractivity contribution in [2.45, 2.75) is 0 Å². The number of hydrogen-bond acceptors (Lipinski definition) is 6. The summed E-state index contributed by atoms with van der Waals surface area (Å²) in [6, 6.07) is 35.5. The van der Waals surface area contributed by atoms with Crippen molar-refractivity contribution in [2.24, 2.45) is 0 Å². The molecular weight excluding hydrogens is 488 g/mol. The van der Waals surface area contributed by atoms with Gasteiger partial charge in [0, 0.05) is 16.5 Å². The molecule has 39 heavy (non-hydrogen) atoms. The standard InChI is InChI=1S/C33H22N2O4/c1-38-33(37)26-18-16-21-10-8-9-15-25(21)31(26)39-32(36)24-17-19-27-28(20-24)35-30(23-13-6-3-7-14-23)29(34-27)22-11-4-2-5-12-22/h2-20H,1H3. The van der Waals surface area contributed by atoms with Crippen LogP contribution in [0.25, 0.3) is 44.3 Å². The van der Waals surface area contributed by atoms with Crippen molar-refractivity contribution in [3.8, 4) is 28.3 Å². The monoisotopic (exact) mass is 510 g/mol. The largest absolute Gasteiger partial charge is 0.465 e. The van der Waals surface area contributed by atoms with Crippen LogP contribution in [-0.4, -0.2) is 29.0 Å². The van der Waals surface area contributed by atoms with Crippen LogP contribution < -0.4 is 4.74 Å². The van der Waals surface area contributed by atoms with Gasteiger partial charge in [0.15, 0.2) is 5.75 Å². The number of carbonyl (C=O) groups is 2. The molecule has 0 saturated carbocycles. The van der Waals surface area contributed by atoms with E-state index in [1.165, 1.54) is 7.11 Å². The molecule has 0 spiro atoms. The van der Waals surface area contributed by atoms with Crippen LogP contribution >= 0.6 is 0 Å². The van der Waals surface area contributed by atoms with Gasteiger partial charge in [-0.05, 0) is 29.7 Å². The van der Waals surface area contributed by atoms with E-state index >= 15 is 0 Å². The van der Waals surface area contributed by atoms with Gasteiger partial charge in [-0.1, -0.05) is 91.0 Å². The van der Waals surface area contributed by atoms with E-state index in [2.05, 4.69) is 0 Å². The van der Waals surface area contributed by atoms with Crippen LogP contribution in [-0.2, 0) is 4.74 Å². The van der Waals surface area contributed by atoms with Crippen LogP contribution in [0.2, 0.25) is 0 Å². The maximum absolute atomic E-state index is 13.4. The van der Waals surface area contributed by atoms with Crippen molar-refractivity contribution in [3.63, 3.8) is 0 Å². The third-order valence-electron chi connectivity index (χ3n) is 6.47. The highest BCUT2D eigenvalue weighted by Gasteiger charge is 2.21. The van der Waals surface area contributed by atoms with Crippen LogP contribution in [0.15, 0.2) is 115 Å². The summed E-state index contributed by atoms with van der Waals surface area (Å²) < 4.78 is 10.8. The summed E-state index contributed by atoms with van der Waals surface area (Å²) in [5.41, 5.74) is 4.97. The van der Waals surface area contributed by atoms with Gasteiger partial charge in [0.05, 0.1) is 35.1 Å². The van der Waals surface area contributed by atoms with Gasteiger partial charge in [0.25, 0.3) is 0 Å². The Bertz CT molecular complexity index is 1850. The van der Waals surface area contributed by atoms with E-state index in [1.54, 1.807) is 36.4 Å². The molecule has 6 rings (SSSR count). The zero-order chi connectivity index (χ0) is 26.8. The molecule has 0 unspecified atom stereocenters. The molecule has 1 aromatic heterocycles. The van der Waals surface area contributed by atoms with E-state index in [9.17, 15) is 9.59 Å². The first-order valence-electron chi connectivity index (χ1n) is 12.4. The number of methoxy groups -OCH3 is 1. The number of carbonyl (C=O) groups excluding carboxylic acids is 2. The summed E-state index contributed by atoms with van der Waals surface area (Å²) in [5, 5.41) is 1.46. The third kappa shape index (κ3) is 4.60. The highest BCUT2D eigenvalue weighted by atomic mass is 16.5. The van der Waals surface area contributed by atoms with E-state index in [1.807, 2.05) is 78.9 Å². The first-order valence-corrected chi connectivity index (χ1v) is 12.4. The highest BCUT2D eigenvalue weighted by molar-refractivity contribution is 6.04. The maximum Gasteiger partial charge on any atom is 0.343 e. The van der Waals surface area contributed by atoms with Crippen molar-refractivity contribution < 1.29 is 19.1 Å². The average Bonchev–Trinajstić information content (AvgIpc) is 3.00. The Morgan fingerprint density at radius 1 is 0.615 bits per heavy atom. The zero-order valence-electron chi connectivity index (χ0n) is 21.0. The normalized spacial score (nSPS) is 10.9. The number of aromatic nitrogens is 2. The fraction of sp³-hybridized carbons (Fsp3) is 0.0303. The molecule has 0 saturated heterocycles. The van der Waals surface area contributed by atoms with E-state index < -0.39 is 11.9 Å². The van der Waals surface area contributed by atoms with Crippen LogP contribution in [0.1, 0.15) is 20.7 Å². The smallest absolute Gasteiger partial charge is 0.343 e. The topological polar surface area (TPSA) is 78.4 Å². The molecule has 6 nitrogen and oxygen atoms in total. The van der Waals surface area contributed by atoms with Gasteiger partial charge < -0.3 is 9.47 Å². The van der Waals surface area contributed by atoms with Gasteiger partial charge in [0.2, 0.25) is 0 Å². The summed E-state index contributed by atoms with van der Waals surface area (Å²) in [7, 11) is 1.29. The quantitative estimate of drug-likeness (QED) is 0.181. The van der Waals surface area contributed by atoms with Crippen LogP contribution in [0, 0.1) is 0 Å². The average molecular weight is 511 g/mol. The Labute approximate surface area is 224 Å². The molecule has 0 atom stereocenters. The van der Waals surface area contributed by atoms with Gasteiger partial charge in [-0.15, -0.1) is 0 Å². The number of benzene rings is 5. The number of ether oxygens (including phenoxy) is 2. The molecule has 0 fully saturated rings. The zero-order valence-corrected chi connectivity index (χ0v) is 21.0. The maximum atomic E-state index is 13.4. The van der Waals surface area contributed by atoms with Crippen molar-refractivity contribution in [1.82, 2.24) is 9.97 Å². The Morgan fingerprint density at radius 2 is 1.23 bits per heavy atom. The van der Waals surface area contributed by atoms with Crippen molar-refractivity contribution >= 4 is 33.7 Å². The van der Waals surface area contributed by atoms with Crippen molar-refractivity contribution in [2.75, 3.05) is 7.11 Å². The molecule has 0 radical (unpaired) electrons. The highest BCUT2D eigenvalue weighted by Crippen LogP contribution is 2.33. The lowest BCUT2D eigenvalue weighted by Gasteiger charge is -2.13. The Morgan fingerprint density at radius 3 is 1.90 bits per heavy atom. The predicted molar refractivity (Wildman–Crippen MR) is 151 cm³/mol. The summed E-state index contributed by atoms with van der Waals surface area (Å²) >= 11 is 0. The number of fused-ring (bicyclic) bond motifs is 2. The molecule has 0 bridgehead atoms. The lowest BCUT2D eigenvalue weighted by Crippen LogP contribution is -2.13. The Hall–Kier alpha value is -5.36. The molecule has 1 heterocycles. The summed E-state index contributed by atoms with van der Waals surface area (Å²) in [4.78, 5) is 35.7. The first-order chi connectivity index (χ1) is 19.1. The fourth-order valence-corrected chi connectivity index (χ4v) is 4.55. The van der Waals surface area contributed by atoms with Crippen molar-refractivity contribution in [1.29, 1.82) is 0 Å². The number of rotatable bonds is 5. The lowest BCUT2D eigenvalue weighted by atomic mass is 10.0. The van der Waals surface area contributed by atoms with Crippen molar-refractivity contribution in [3.05, 3.63) is 126 Å². The van der Waals surface area contributed by atoms with Crippen LogP contribution in [0.3, 0.4) is 0 Å². The Balaban J connectivity index is 1.44. The van der Waals surface area contributed by atoms with Gasteiger partial charge in [-0.2, -0.15) is 0 Å². The second-order valence-electron chi connectivity index (χ2n) is 8.90. The molecule has 0 N–H and O–H groups in total. The minimum atomic E-state index is -0.617. The van der Waals surface area contributed by atoms with Crippen LogP contribution in [0.5, 0.6) is 5.75 Å². The molecule has 5 aromatic carbocycles. The molecule has 188 valence electrons. The number of nitrogens with zero attached hydrogens (tertiary/aromatic N) is 2. The second kappa shape index (κ2) is 10.2. The van der Waals surface area contributed by atoms with Gasteiger partial charge in [0.1, 0.15) is 5.56 Å². The van der Waals surface area contributed by atoms with Gasteiger partial charge in [-0.3, -0.25) is 0 Å². The lowest BCUT2D eigenvalue weighted by molar-refractivity contribution is 0.0593. The first kappa shape index (κ1) is 24.0. The third-order valence-corrected chi connectivity index (χ3v) is 6.47. The SMILES string of the molecule is COC(=O)c1ccc2ccccc2c1OC(=O)c1ccc2nc(-c3ccccc3)c(-c3ccccc3)nc2c1. The molecule has 0 aliphatic carbocycles. The molecule has 0 aliphatic heterocycles. The van der Waals surface area contributed by atoms with E-state index in [0.717, 1.165) is 22.2 Å². The summed E-state index contributed by atoms with van der Waals surface area (Å²) in [6.07, 6.45) is 0. The summed E-state index contributed by atoms with van der Waals surface area (Å²) in [5.74, 6) is -1.05. The van der Waals surface area contributed by atoms with Gasteiger partial charge >= 0.3 is 11.9 Å². The number of hydrogen-bond donors (Lipinski definition) is 0. The van der Waals surface area contributed by atoms with Gasteiger partial charge in [-0.25, -0.2) is 19.6 Å². The Kier molecular flexibility index (Phi) is 6.27. The molecular formula is C33H22N2O4. The second-order valence-corrected chi connectivity index (χ2v) is 8.90. The molecule has 6 heteroatoms. The van der Waals surface area contributed by atoms with E-state index in [4.69, 9.17) is 19.4 Å². The predicted octanol–water partition coefficient (Wildman–Crippen LogP) is 7.12. The summed E-state index contributed by atoms with van der Waals surface area (Å²) in [6.45, 7) is 0. The van der Waals surface area contributed by atoms with E-state index in [-0.39, 0.29) is 16.9 Å². The van der Waals surface area contributed by atoms with Crippen LogP contribution in [0.4, 0.5) is 0 Å². The minimum Gasteiger partial charge on any atom is -0.465 e. The minimum absolute atomic E-state index is 0.153. The fourth-order valence-electron chi connectivity index (χ4n) is 4.55. The number of esters is 2. The molecule has 6 aromatic rings. The molecule has 0 amide bonds. The molecule has 0 aliphatic rings. The van der Waals surface area contributed by atoms with E-state index in [0.29, 0.717) is 22.1 Å².